The molecule has 0 unspecified atom stereocenters. The van der Waals surface area contributed by atoms with E-state index in [0.717, 1.165) is 4.90 Å². The number of amides is 1. The number of rotatable bonds is 6. The molecular weight excluding hydrogens is 346 g/mol. The normalized spacial score (nSPS) is 12.4. The Hall–Kier alpha value is -2.12. The van der Waals surface area contributed by atoms with Gasteiger partial charge in [-0.05, 0) is 38.1 Å². The van der Waals surface area contributed by atoms with E-state index in [9.17, 15) is 18.0 Å². The number of carbonyl (C=O) groups excluding carboxylic acids is 2. The molecular formula is C17H17NO4S2. The van der Waals surface area contributed by atoms with Crippen LogP contribution in [0.5, 0.6) is 0 Å². The van der Waals surface area contributed by atoms with Crippen molar-refractivity contribution in [2.45, 2.75) is 28.9 Å². The highest BCUT2D eigenvalue weighted by Crippen LogP contribution is 2.23. The van der Waals surface area contributed by atoms with Crippen LogP contribution in [-0.2, 0) is 14.8 Å². The van der Waals surface area contributed by atoms with Crippen molar-refractivity contribution in [3.63, 3.8) is 0 Å². The van der Waals surface area contributed by atoms with Gasteiger partial charge < -0.3 is 0 Å². The summed E-state index contributed by atoms with van der Waals surface area (Å²) in [5.74, 6) is -0.754. The summed E-state index contributed by atoms with van der Waals surface area (Å²) in [6.07, 6.45) is 0. The van der Waals surface area contributed by atoms with E-state index in [1.807, 2.05) is 30.3 Å². The number of hydrogen-bond donors (Lipinski definition) is 1. The fourth-order valence-corrected chi connectivity index (χ4v) is 3.92. The summed E-state index contributed by atoms with van der Waals surface area (Å²) in [6, 6.07) is 14.7. The highest BCUT2D eigenvalue weighted by molar-refractivity contribution is 8.00. The average molecular weight is 363 g/mol. The third-order valence-electron chi connectivity index (χ3n) is 3.23. The lowest BCUT2D eigenvalue weighted by atomic mass is 10.2. The third kappa shape index (κ3) is 4.69. The smallest absolute Gasteiger partial charge is 0.264 e. The topological polar surface area (TPSA) is 80.3 Å². The predicted molar refractivity (Wildman–Crippen MR) is 93.5 cm³/mol. The van der Waals surface area contributed by atoms with E-state index >= 15 is 0 Å². The first-order chi connectivity index (χ1) is 11.3. The molecule has 0 saturated heterocycles. The van der Waals surface area contributed by atoms with Crippen LogP contribution in [0.3, 0.4) is 0 Å². The molecule has 0 aromatic heterocycles. The van der Waals surface area contributed by atoms with Crippen LogP contribution in [0.25, 0.3) is 0 Å². The minimum Gasteiger partial charge on any atom is -0.295 e. The van der Waals surface area contributed by atoms with E-state index in [-0.39, 0.29) is 10.7 Å². The number of thioether (sulfide) groups is 1. The van der Waals surface area contributed by atoms with E-state index in [1.165, 1.54) is 43.0 Å². The second-order valence-electron chi connectivity index (χ2n) is 5.12. The van der Waals surface area contributed by atoms with Gasteiger partial charge in [-0.1, -0.05) is 30.3 Å². The fraction of sp³-hybridized carbons (Fsp3) is 0.176. The average Bonchev–Trinajstić information content (AvgIpc) is 2.55. The molecule has 0 aliphatic heterocycles. The van der Waals surface area contributed by atoms with Crippen LogP contribution < -0.4 is 4.72 Å². The molecule has 2 aromatic carbocycles. The van der Waals surface area contributed by atoms with Gasteiger partial charge in [-0.2, -0.15) is 0 Å². The summed E-state index contributed by atoms with van der Waals surface area (Å²) in [6.45, 7) is 3.04. The summed E-state index contributed by atoms with van der Waals surface area (Å²) in [4.78, 5) is 24.2. The number of sulfonamides is 1. The van der Waals surface area contributed by atoms with Crippen LogP contribution in [0.15, 0.2) is 64.4 Å². The molecule has 1 atom stereocenters. The van der Waals surface area contributed by atoms with E-state index in [2.05, 4.69) is 4.72 Å². The van der Waals surface area contributed by atoms with Crippen molar-refractivity contribution in [3.8, 4) is 0 Å². The highest BCUT2D eigenvalue weighted by atomic mass is 32.2. The molecule has 0 saturated carbocycles. The molecule has 0 heterocycles. The zero-order valence-electron chi connectivity index (χ0n) is 13.2. The van der Waals surface area contributed by atoms with Gasteiger partial charge in [-0.25, -0.2) is 13.1 Å². The van der Waals surface area contributed by atoms with Gasteiger partial charge in [0, 0.05) is 10.5 Å². The van der Waals surface area contributed by atoms with Crippen molar-refractivity contribution in [2.75, 3.05) is 0 Å². The van der Waals surface area contributed by atoms with Crippen LogP contribution in [0.4, 0.5) is 0 Å². The molecule has 2 rings (SSSR count). The maximum absolute atomic E-state index is 12.3. The monoisotopic (exact) mass is 363 g/mol. The van der Waals surface area contributed by atoms with Gasteiger partial charge in [0.2, 0.25) is 5.91 Å². The van der Waals surface area contributed by atoms with Gasteiger partial charge in [-0.3, -0.25) is 9.59 Å². The van der Waals surface area contributed by atoms with Gasteiger partial charge in [-0.15, -0.1) is 11.8 Å². The lowest BCUT2D eigenvalue weighted by Crippen LogP contribution is -2.36. The number of nitrogens with one attached hydrogen (secondary N) is 1. The predicted octanol–water partition coefficient (Wildman–Crippen LogP) is 2.87. The molecule has 0 bridgehead atoms. The molecule has 0 fully saturated rings. The second kappa shape index (κ2) is 7.63. The van der Waals surface area contributed by atoms with Gasteiger partial charge in [0.15, 0.2) is 5.78 Å². The van der Waals surface area contributed by atoms with E-state index in [4.69, 9.17) is 0 Å². The molecule has 1 N–H and O–H groups in total. The molecule has 0 radical (unpaired) electrons. The van der Waals surface area contributed by atoms with Gasteiger partial charge in [0.25, 0.3) is 10.0 Å². The summed E-state index contributed by atoms with van der Waals surface area (Å²) in [5, 5.41) is -0.571. The molecule has 24 heavy (non-hydrogen) atoms. The summed E-state index contributed by atoms with van der Waals surface area (Å²) in [7, 11) is -3.96. The molecule has 1 amide bonds. The van der Waals surface area contributed by atoms with E-state index in [0.29, 0.717) is 5.56 Å². The molecule has 5 nitrogen and oxygen atoms in total. The fourth-order valence-electron chi connectivity index (χ4n) is 1.90. The number of ketones is 1. The van der Waals surface area contributed by atoms with Crippen LogP contribution >= 0.6 is 11.8 Å². The van der Waals surface area contributed by atoms with Crippen molar-refractivity contribution in [3.05, 3.63) is 60.2 Å². The van der Waals surface area contributed by atoms with Gasteiger partial charge >= 0.3 is 0 Å². The number of benzene rings is 2. The molecule has 2 aromatic rings. The maximum atomic E-state index is 12.3. The van der Waals surface area contributed by atoms with E-state index in [1.54, 1.807) is 6.92 Å². The Bertz CT molecular complexity index is 831. The first-order valence-electron chi connectivity index (χ1n) is 7.19. The molecule has 0 aliphatic rings. The Morgan fingerprint density at radius 3 is 2.12 bits per heavy atom. The number of carbonyl (C=O) groups is 2. The van der Waals surface area contributed by atoms with Crippen molar-refractivity contribution in [1.29, 1.82) is 0 Å². The Morgan fingerprint density at radius 2 is 1.58 bits per heavy atom. The number of Topliss-reactive ketones (excluding diaryl/α,β-unsaturated/α-hetero) is 1. The maximum Gasteiger partial charge on any atom is 0.264 e. The Balaban J connectivity index is 2.07. The summed E-state index contributed by atoms with van der Waals surface area (Å²) >= 11 is 1.27. The summed E-state index contributed by atoms with van der Waals surface area (Å²) < 4.78 is 26.6. The SMILES string of the molecule is CC(=O)c1ccc(S(=O)(=O)NC(=O)[C@@H](C)Sc2ccccc2)cc1. The minimum absolute atomic E-state index is 0.0576. The summed E-state index contributed by atoms with van der Waals surface area (Å²) in [5.41, 5.74) is 0.410. The molecule has 7 heteroatoms. The van der Waals surface area contributed by atoms with Crippen molar-refractivity contribution < 1.29 is 18.0 Å². The standard InChI is InChI=1S/C17H17NO4S2/c1-12(19)14-8-10-16(11-9-14)24(21,22)18-17(20)13(2)23-15-6-4-3-5-7-15/h3-11,13H,1-2H3,(H,18,20)/t13-/m1/s1. The third-order valence-corrected chi connectivity index (χ3v) is 5.71. The lowest BCUT2D eigenvalue weighted by Gasteiger charge is -2.12. The minimum atomic E-state index is -3.96. The van der Waals surface area contributed by atoms with Crippen molar-refractivity contribution in [2.24, 2.45) is 0 Å². The number of hydrogen-bond acceptors (Lipinski definition) is 5. The first-order valence-corrected chi connectivity index (χ1v) is 9.55. The largest absolute Gasteiger partial charge is 0.295 e. The molecule has 0 spiro atoms. The Kier molecular flexibility index (Phi) is 5.80. The Morgan fingerprint density at radius 1 is 1.00 bits per heavy atom. The van der Waals surface area contributed by atoms with Crippen molar-refractivity contribution >= 4 is 33.5 Å². The lowest BCUT2D eigenvalue weighted by molar-refractivity contribution is -0.118. The Labute approximate surface area is 145 Å². The quantitative estimate of drug-likeness (QED) is 0.630. The van der Waals surface area contributed by atoms with Crippen LogP contribution in [0.1, 0.15) is 24.2 Å². The van der Waals surface area contributed by atoms with Crippen LogP contribution in [0, 0.1) is 0 Å². The van der Waals surface area contributed by atoms with E-state index < -0.39 is 21.2 Å². The van der Waals surface area contributed by atoms with Gasteiger partial charge in [0.05, 0.1) is 10.1 Å². The first kappa shape index (κ1) is 18.2. The zero-order valence-corrected chi connectivity index (χ0v) is 14.9. The zero-order chi connectivity index (χ0) is 17.7. The van der Waals surface area contributed by atoms with Crippen LogP contribution in [-0.4, -0.2) is 25.4 Å². The second-order valence-corrected chi connectivity index (χ2v) is 8.22. The van der Waals surface area contributed by atoms with Gasteiger partial charge in [0.1, 0.15) is 0 Å². The van der Waals surface area contributed by atoms with Crippen molar-refractivity contribution in [1.82, 2.24) is 4.72 Å². The highest BCUT2D eigenvalue weighted by Gasteiger charge is 2.22. The van der Waals surface area contributed by atoms with Crippen LogP contribution in [0.2, 0.25) is 0 Å². The molecule has 126 valence electrons. The molecule has 0 aliphatic carbocycles.